The number of nitrogens with zero attached hydrogens (tertiary/aromatic N) is 4. The van der Waals surface area contributed by atoms with E-state index in [9.17, 15) is 10.1 Å². The summed E-state index contributed by atoms with van der Waals surface area (Å²) < 4.78 is 1.59. The van der Waals surface area contributed by atoms with Crippen molar-refractivity contribution in [3.8, 4) is 18.4 Å². The average molecular weight is 573 g/mol. The minimum absolute atomic E-state index is 0.00356. The second kappa shape index (κ2) is 10.4. The number of nitrogens with one attached hydrogen (secondary N) is 4. The largest absolute Gasteiger partial charge is 0.383 e. The molecule has 6 rings (SSSR count). The molecule has 1 fully saturated rings. The van der Waals surface area contributed by atoms with Gasteiger partial charge in [0.25, 0.3) is 5.56 Å². The van der Waals surface area contributed by atoms with Crippen LogP contribution in [0.5, 0.6) is 0 Å². The lowest BCUT2D eigenvalue weighted by molar-refractivity contribution is 0.190. The van der Waals surface area contributed by atoms with E-state index in [4.69, 9.17) is 6.42 Å². The number of hydrogen-bond donors (Lipinski definition) is 4. The number of hydrogen-bond acceptors (Lipinski definition) is 8. The van der Waals surface area contributed by atoms with Gasteiger partial charge in [0, 0.05) is 48.6 Å². The fourth-order valence-corrected chi connectivity index (χ4v) is 5.45. The van der Waals surface area contributed by atoms with Gasteiger partial charge < -0.3 is 20.6 Å². The Morgan fingerprint density at radius 2 is 1.95 bits per heavy atom. The maximum absolute atomic E-state index is 13.1. The molecule has 9 heteroatoms. The molecule has 0 saturated heterocycles. The number of terminal acetylenes is 1. The highest BCUT2D eigenvalue weighted by Gasteiger charge is 2.44. The Morgan fingerprint density at radius 1 is 1.16 bits per heavy atom. The van der Waals surface area contributed by atoms with E-state index in [1.54, 1.807) is 24.0 Å². The lowest BCUT2D eigenvalue weighted by Crippen LogP contribution is -2.43. The number of benzene rings is 2. The molecule has 2 aromatic carbocycles. The standard InChI is InChI=1S/C34H36N8O/c1-7-21-18-36-30-22(17-35)15-23(16-27(30)29(21)37-20-33(2,3)4)38-31(28-19-42(40-39-28)34(5)12-13-34)25-9-8-10-26-24(25)11-14-41(6)32(26)43/h1,8-11,14-16,18-19,31,38-40H,12-13,20H2,2-6H3,(H,36,37)/t31-/m0/s1. The highest BCUT2D eigenvalue weighted by atomic mass is 16.1. The maximum atomic E-state index is 13.1. The molecular formula is C34H36N8O. The van der Waals surface area contributed by atoms with Crippen molar-refractivity contribution in [1.82, 2.24) is 25.5 Å². The van der Waals surface area contributed by atoms with Gasteiger partial charge in [-0.05, 0) is 60.4 Å². The molecule has 218 valence electrons. The highest BCUT2D eigenvalue weighted by molar-refractivity contribution is 5.99. The number of aryl methyl sites for hydroxylation is 1. The van der Waals surface area contributed by atoms with Crippen molar-refractivity contribution in [2.75, 3.05) is 17.2 Å². The van der Waals surface area contributed by atoms with Gasteiger partial charge in [-0.3, -0.25) is 14.8 Å². The van der Waals surface area contributed by atoms with Crippen LogP contribution in [0.25, 0.3) is 21.7 Å². The zero-order valence-corrected chi connectivity index (χ0v) is 25.2. The minimum Gasteiger partial charge on any atom is -0.383 e. The van der Waals surface area contributed by atoms with Crippen LogP contribution in [0.15, 0.2) is 65.5 Å². The van der Waals surface area contributed by atoms with Crippen molar-refractivity contribution in [2.45, 2.75) is 52.1 Å². The predicted octanol–water partition coefficient (Wildman–Crippen LogP) is 5.27. The molecule has 1 atom stereocenters. The number of pyridine rings is 2. The molecular weight excluding hydrogens is 536 g/mol. The van der Waals surface area contributed by atoms with Crippen LogP contribution in [0, 0.1) is 29.1 Å². The maximum Gasteiger partial charge on any atom is 0.258 e. The molecule has 1 saturated carbocycles. The van der Waals surface area contributed by atoms with E-state index < -0.39 is 0 Å². The number of aromatic nitrogens is 2. The average Bonchev–Trinajstić information content (AvgIpc) is 3.53. The summed E-state index contributed by atoms with van der Waals surface area (Å²) in [6, 6.07) is 13.5. The minimum atomic E-state index is -0.380. The van der Waals surface area contributed by atoms with Crippen LogP contribution >= 0.6 is 0 Å². The molecule has 4 aromatic rings. The first-order chi connectivity index (χ1) is 20.5. The lowest BCUT2D eigenvalue weighted by atomic mass is 9.95. The molecule has 2 aliphatic rings. The summed E-state index contributed by atoms with van der Waals surface area (Å²) in [5, 5.41) is 21.8. The number of anilines is 2. The van der Waals surface area contributed by atoms with Gasteiger partial charge in [-0.2, -0.15) is 5.26 Å². The second-order valence-corrected chi connectivity index (χ2v) is 12.9. The molecule has 43 heavy (non-hydrogen) atoms. The van der Waals surface area contributed by atoms with E-state index >= 15 is 0 Å². The summed E-state index contributed by atoms with van der Waals surface area (Å²) in [6.07, 6.45) is 13.6. The third kappa shape index (κ3) is 5.24. The SMILES string of the molecule is C#Cc1cnc2c(C#N)cc(N[C@H](C3=CN(C4(C)CC4)NN3)c3cccc4c(=O)n(C)ccc34)cc2c1NCC(C)(C)C. The van der Waals surface area contributed by atoms with E-state index in [0.717, 1.165) is 46.2 Å². The molecule has 1 aliphatic carbocycles. The predicted molar refractivity (Wildman–Crippen MR) is 172 cm³/mol. The van der Waals surface area contributed by atoms with Gasteiger partial charge in [0.2, 0.25) is 0 Å². The monoisotopic (exact) mass is 572 g/mol. The van der Waals surface area contributed by atoms with Crippen molar-refractivity contribution in [2.24, 2.45) is 12.5 Å². The topological polar surface area (TPSA) is 110 Å². The molecule has 0 spiro atoms. The fourth-order valence-electron chi connectivity index (χ4n) is 5.45. The smallest absolute Gasteiger partial charge is 0.258 e. The Hall–Kier alpha value is -4.99. The van der Waals surface area contributed by atoms with Gasteiger partial charge >= 0.3 is 0 Å². The zero-order valence-electron chi connectivity index (χ0n) is 25.2. The third-order valence-corrected chi connectivity index (χ3v) is 8.28. The van der Waals surface area contributed by atoms with Gasteiger partial charge in [-0.25, -0.2) is 0 Å². The Bertz CT molecular complexity index is 1930. The summed E-state index contributed by atoms with van der Waals surface area (Å²) in [5.41, 5.74) is 11.7. The van der Waals surface area contributed by atoms with E-state index in [1.165, 1.54) is 0 Å². The van der Waals surface area contributed by atoms with Crippen LogP contribution in [-0.4, -0.2) is 26.6 Å². The van der Waals surface area contributed by atoms with Crippen LogP contribution in [-0.2, 0) is 7.05 Å². The van der Waals surface area contributed by atoms with Crippen molar-refractivity contribution >= 4 is 33.1 Å². The van der Waals surface area contributed by atoms with Gasteiger partial charge in [-0.15, -0.1) is 12.0 Å². The number of rotatable bonds is 7. The molecule has 0 radical (unpaired) electrons. The fraction of sp³-hybridized carbons (Fsp3) is 0.324. The summed E-state index contributed by atoms with van der Waals surface area (Å²) in [4.78, 5) is 17.6. The van der Waals surface area contributed by atoms with Crippen LogP contribution in [0.2, 0.25) is 0 Å². The summed E-state index contributed by atoms with van der Waals surface area (Å²) >= 11 is 0. The van der Waals surface area contributed by atoms with Crippen LogP contribution in [0.1, 0.15) is 63.3 Å². The number of nitriles is 1. The Morgan fingerprint density at radius 3 is 2.65 bits per heavy atom. The molecule has 3 heterocycles. The molecule has 2 aromatic heterocycles. The Kier molecular flexibility index (Phi) is 6.79. The van der Waals surface area contributed by atoms with Crippen LogP contribution in [0.3, 0.4) is 0 Å². The van der Waals surface area contributed by atoms with Gasteiger partial charge in [-0.1, -0.05) is 38.8 Å². The lowest BCUT2D eigenvalue weighted by Gasteiger charge is -2.24. The zero-order chi connectivity index (χ0) is 30.5. The van der Waals surface area contributed by atoms with Gasteiger partial charge in [0.1, 0.15) is 6.07 Å². The van der Waals surface area contributed by atoms with Crippen LogP contribution in [0.4, 0.5) is 11.4 Å². The number of hydrazine groups is 2. The van der Waals surface area contributed by atoms with E-state index in [2.05, 4.69) is 77.5 Å². The first-order valence-corrected chi connectivity index (χ1v) is 14.5. The van der Waals surface area contributed by atoms with Gasteiger partial charge in [0.15, 0.2) is 0 Å². The quantitative estimate of drug-likeness (QED) is 0.222. The summed E-state index contributed by atoms with van der Waals surface area (Å²) in [7, 11) is 1.76. The Labute approximate surface area is 251 Å². The van der Waals surface area contributed by atoms with Crippen LogP contribution < -0.4 is 27.2 Å². The first-order valence-electron chi connectivity index (χ1n) is 14.5. The van der Waals surface area contributed by atoms with E-state index in [-0.39, 0.29) is 22.6 Å². The van der Waals surface area contributed by atoms with E-state index in [1.807, 2.05) is 36.4 Å². The Balaban J connectivity index is 1.51. The molecule has 0 amide bonds. The molecule has 1 aliphatic heterocycles. The molecule has 0 unspecified atom stereocenters. The van der Waals surface area contributed by atoms with Crippen molar-refractivity contribution in [3.63, 3.8) is 0 Å². The molecule has 0 bridgehead atoms. The van der Waals surface area contributed by atoms with Crippen molar-refractivity contribution in [1.29, 1.82) is 5.26 Å². The molecule has 4 N–H and O–H groups in total. The highest BCUT2D eigenvalue weighted by Crippen LogP contribution is 2.42. The normalized spacial score (nSPS) is 16.3. The summed E-state index contributed by atoms with van der Waals surface area (Å²) in [6.45, 7) is 9.35. The van der Waals surface area contributed by atoms with Crippen molar-refractivity contribution in [3.05, 3.63) is 87.7 Å². The summed E-state index contributed by atoms with van der Waals surface area (Å²) in [5.74, 6) is 2.75. The van der Waals surface area contributed by atoms with Crippen molar-refractivity contribution < 1.29 is 0 Å². The third-order valence-electron chi connectivity index (χ3n) is 8.28. The molecule has 9 nitrogen and oxygen atoms in total. The van der Waals surface area contributed by atoms with E-state index in [0.29, 0.717) is 28.6 Å². The second-order valence-electron chi connectivity index (χ2n) is 12.9. The van der Waals surface area contributed by atoms with Gasteiger partial charge in [0.05, 0.1) is 39.6 Å². The first kappa shape index (κ1) is 28.1. The number of fused-ring (bicyclic) bond motifs is 2.